The van der Waals surface area contributed by atoms with Crippen LogP contribution in [0.4, 0.5) is 5.69 Å². The van der Waals surface area contributed by atoms with Gasteiger partial charge >= 0.3 is 0 Å². The molecule has 2 rings (SSSR count). The topological polar surface area (TPSA) is 24.1 Å². The largest absolute Gasteiger partial charge is 0.362 e. The molecule has 110 valence electrons. The highest BCUT2D eigenvalue weighted by atomic mass is 32.2. The zero-order chi connectivity index (χ0) is 14.9. The smallest absolute Gasteiger partial charge is 0.170 e. The zero-order valence-electron chi connectivity index (χ0n) is 12.1. The third-order valence-corrected chi connectivity index (χ3v) is 4.25. The molecule has 21 heavy (non-hydrogen) atoms. The summed E-state index contributed by atoms with van der Waals surface area (Å²) < 4.78 is 0. The molecule has 0 atom stereocenters. The molecule has 0 radical (unpaired) electrons. The Bertz CT molecular complexity index is 570. The van der Waals surface area contributed by atoms with Crippen molar-refractivity contribution in [2.45, 2.75) is 29.6 Å². The van der Waals surface area contributed by atoms with Crippen LogP contribution in [0.1, 0.15) is 19.8 Å². The lowest BCUT2D eigenvalue weighted by Crippen LogP contribution is -2.29. The van der Waals surface area contributed by atoms with Crippen LogP contribution in [-0.2, 0) is 0 Å². The first-order chi connectivity index (χ1) is 10.3. The van der Waals surface area contributed by atoms with Crippen molar-refractivity contribution in [1.29, 1.82) is 0 Å². The van der Waals surface area contributed by atoms with E-state index in [9.17, 15) is 0 Å². The molecule has 2 nitrogen and oxygen atoms in total. The summed E-state index contributed by atoms with van der Waals surface area (Å²) in [6.45, 7) is 3.08. The summed E-state index contributed by atoms with van der Waals surface area (Å²) in [5.41, 5.74) is 1.04. The summed E-state index contributed by atoms with van der Waals surface area (Å²) in [7, 11) is 0. The lowest BCUT2D eigenvalue weighted by atomic mass is 10.3. The van der Waals surface area contributed by atoms with Gasteiger partial charge in [-0.3, -0.25) is 0 Å². The highest BCUT2D eigenvalue weighted by Crippen LogP contribution is 2.33. The number of nitrogens with one attached hydrogen (secondary N) is 2. The monoisotopic (exact) mass is 316 g/mol. The molecule has 0 heterocycles. The predicted molar refractivity (Wildman–Crippen MR) is 96.1 cm³/mol. The Kier molecular flexibility index (Phi) is 6.57. The molecule has 0 aliphatic rings. The molecule has 0 unspecified atom stereocenters. The van der Waals surface area contributed by atoms with E-state index >= 15 is 0 Å². The summed E-state index contributed by atoms with van der Waals surface area (Å²) in [5.74, 6) is 0. The number of benzene rings is 2. The average Bonchev–Trinajstić information content (AvgIpc) is 2.51. The molecule has 0 bridgehead atoms. The third kappa shape index (κ3) is 5.40. The third-order valence-electron chi connectivity index (χ3n) is 2.92. The van der Waals surface area contributed by atoms with Gasteiger partial charge in [-0.25, -0.2) is 0 Å². The lowest BCUT2D eigenvalue weighted by molar-refractivity contribution is 0.758. The maximum atomic E-state index is 5.34. The number of hydrogen-bond donors (Lipinski definition) is 2. The normalized spacial score (nSPS) is 10.1. The maximum Gasteiger partial charge on any atom is 0.170 e. The van der Waals surface area contributed by atoms with E-state index in [1.165, 1.54) is 9.79 Å². The van der Waals surface area contributed by atoms with Gasteiger partial charge in [0.1, 0.15) is 0 Å². The zero-order valence-corrected chi connectivity index (χ0v) is 13.8. The van der Waals surface area contributed by atoms with Gasteiger partial charge in [0.05, 0.1) is 5.69 Å². The van der Waals surface area contributed by atoms with Crippen LogP contribution in [0.25, 0.3) is 0 Å². The van der Waals surface area contributed by atoms with Crippen molar-refractivity contribution in [3.63, 3.8) is 0 Å². The van der Waals surface area contributed by atoms with E-state index in [2.05, 4.69) is 54.0 Å². The van der Waals surface area contributed by atoms with E-state index in [1.54, 1.807) is 11.8 Å². The van der Waals surface area contributed by atoms with Crippen LogP contribution in [0.3, 0.4) is 0 Å². The van der Waals surface area contributed by atoms with E-state index in [0.29, 0.717) is 5.11 Å². The van der Waals surface area contributed by atoms with Crippen LogP contribution in [-0.4, -0.2) is 11.7 Å². The van der Waals surface area contributed by atoms with Gasteiger partial charge in [0, 0.05) is 16.3 Å². The maximum absolute atomic E-state index is 5.34. The molecule has 0 saturated heterocycles. The Morgan fingerprint density at radius 3 is 2.52 bits per heavy atom. The summed E-state index contributed by atoms with van der Waals surface area (Å²) in [6, 6.07) is 18.6. The SMILES string of the molecule is CCCCNC(=S)Nc1ccccc1Sc1ccccc1. The quantitative estimate of drug-likeness (QED) is 0.583. The average molecular weight is 316 g/mol. The van der Waals surface area contributed by atoms with E-state index in [0.717, 1.165) is 25.1 Å². The Labute approximate surface area is 136 Å². The standard InChI is InChI=1S/C17H20N2S2/c1-2-3-13-18-17(20)19-15-11-7-8-12-16(15)21-14-9-5-4-6-10-14/h4-12H,2-3,13H2,1H3,(H2,18,19,20). The molecule has 2 aromatic carbocycles. The van der Waals surface area contributed by atoms with Crippen molar-refractivity contribution in [3.8, 4) is 0 Å². The second kappa shape index (κ2) is 8.70. The van der Waals surface area contributed by atoms with Gasteiger partial charge in [0.25, 0.3) is 0 Å². The fourth-order valence-electron chi connectivity index (χ4n) is 1.82. The molecule has 0 aliphatic carbocycles. The van der Waals surface area contributed by atoms with Crippen LogP contribution in [0, 0.1) is 0 Å². The first-order valence-electron chi connectivity index (χ1n) is 7.16. The summed E-state index contributed by atoms with van der Waals surface area (Å²) >= 11 is 7.08. The predicted octanol–water partition coefficient (Wildman–Crippen LogP) is 4.92. The minimum Gasteiger partial charge on any atom is -0.362 e. The van der Waals surface area contributed by atoms with Crippen molar-refractivity contribution < 1.29 is 0 Å². The van der Waals surface area contributed by atoms with Crippen LogP contribution in [0.15, 0.2) is 64.4 Å². The van der Waals surface area contributed by atoms with Crippen LogP contribution in [0.2, 0.25) is 0 Å². The van der Waals surface area contributed by atoms with Gasteiger partial charge in [-0.05, 0) is 42.9 Å². The molecule has 0 aliphatic heterocycles. The molecule has 2 aromatic rings. The second-order valence-electron chi connectivity index (χ2n) is 4.65. The number of unbranched alkanes of at least 4 members (excludes halogenated alkanes) is 1. The Hall–Kier alpha value is -1.52. The molecule has 2 N–H and O–H groups in total. The van der Waals surface area contributed by atoms with Crippen molar-refractivity contribution in [2.75, 3.05) is 11.9 Å². The van der Waals surface area contributed by atoms with Crippen molar-refractivity contribution in [2.24, 2.45) is 0 Å². The van der Waals surface area contributed by atoms with Crippen LogP contribution in [0.5, 0.6) is 0 Å². The van der Waals surface area contributed by atoms with Crippen molar-refractivity contribution in [3.05, 3.63) is 54.6 Å². The van der Waals surface area contributed by atoms with Gasteiger partial charge in [-0.2, -0.15) is 0 Å². The molecular weight excluding hydrogens is 296 g/mol. The molecule has 4 heteroatoms. The van der Waals surface area contributed by atoms with Gasteiger partial charge in [0.15, 0.2) is 5.11 Å². The highest BCUT2D eigenvalue weighted by Gasteiger charge is 2.05. The number of rotatable bonds is 6. The molecule has 0 fully saturated rings. The van der Waals surface area contributed by atoms with Crippen LogP contribution < -0.4 is 10.6 Å². The molecule has 0 aromatic heterocycles. The minimum atomic E-state index is 0.685. The van der Waals surface area contributed by atoms with Gasteiger partial charge < -0.3 is 10.6 Å². The number of anilines is 1. The summed E-state index contributed by atoms with van der Waals surface area (Å²) in [5, 5.41) is 7.21. The molecule has 0 spiro atoms. The Morgan fingerprint density at radius 1 is 1.05 bits per heavy atom. The van der Waals surface area contributed by atoms with E-state index in [-0.39, 0.29) is 0 Å². The minimum absolute atomic E-state index is 0.685. The number of hydrogen-bond acceptors (Lipinski definition) is 2. The van der Waals surface area contributed by atoms with Gasteiger partial charge in [0.2, 0.25) is 0 Å². The van der Waals surface area contributed by atoms with Crippen LogP contribution >= 0.6 is 24.0 Å². The highest BCUT2D eigenvalue weighted by molar-refractivity contribution is 7.99. The summed E-state index contributed by atoms with van der Waals surface area (Å²) in [6.07, 6.45) is 2.29. The van der Waals surface area contributed by atoms with Gasteiger partial charge in [-0.15, -0.1) is 0 Å². The van der Waals surface area contributed by atoms with Gasteiger partial charge in [-0.1, -0.05) is 55.4 Å². The lowest BCUT2D eigenvalue weighted by Gasteiger charge is -2.13. The fraction of sp³-hybridized carbons (Fsp3) is 0.235. The van der Waals surface area contributed by atoms with E-state index in [4.69, 9.17) is 12.2 Å². The second-order valence-corrected chi connectivity index (χ2v) is 6.17. The van der Waals surface area contributed by atoms with E-state index < -0.39 is 0 Å². The molecule has 0 saturated carbocycles. The van der Waals surface area contributed by atoms with E-state index in [1.807, 2.05) is 18.2 Å². The first kappa shape index (κ1) is 15.9. The Morgan fingerprint density at radius 2 is 1.76 bits per heavy atom. The van der Waals surface area contributed by atoms with Crippen molar-refractivity contribution >= 4 is 34.8 Å². The number of para-hydroxylation sites is 1. The summed E-state index contributed by atoms with van der Waals surface area (Å²) in [4.78, 5) is 2.39. The molecular formula is C17H20N2S2. The molecule has 0 amide bonds. The fourth-order valence-corrected chi connectivity index (χ4v) is 2.95. The van der Waals surface area contributed by atoms with Crippen molar-refractivity contribution in [1.82, 2.24) is 5.32 Å². The number of thiocarbonyl (C=S) groups is 1. The Balaban J connectivity index is 2.01. The first-order valence-corrected chi connectivity index (χ1v) is 8.39.